The molecule has 2 heterocycles. The van der Waals surface area contributed by atoms with Crippen molar-refractivity contribution in [2.24, 2.45) is 0 Å². The van der Waals surface area contributed by atoms with E-state index < -0.39 is 0 Å². The van der Waals surface area contributed by atoms with Crippen LogP contribution >= 0.6 is 11.3 Å². The maximum Gasteiger partial charge on any atom is 0.305 e. The minimum Gasteiger partial charge on any atom is -0.466 e. The number of benzene rings is 1. The van der Waals surface area contributed by atoms with E-state index in [1.165, 1.54) is 11.3 Å². The fourth-order valence-corrected chi connectivity index (χ4v) is 3.17. The number of nitrogens with zero attached hydrogens (tertiary/aromatic N) is 3. The van der Waals surface area contributed by atoms with E-state index >= 15 is 0 Å². The molecular weight excluding hydrogens is 364 g/mol. The van der Waals surface area contributed by atoms with Crippen LogP contribution in [0.2, 0.25) is 0 Å². The van der Waals surface area contributed by atoms with Gasteiger partial charge in [-0.15, -0.1) is 16.4 Å². The Labute approximate surface area is 161 Å². The molecule has 0 aliphatic carbocycles. The summed E-state index contributed by atoms with van der Waals surface area (Å²) in [5.41, 5.74) is 0.828. The van der Waals surface area contributed by atoms with Crippen LogP contribution in [0.15, 0.2) is 47.8 Å². The molecule has 1 N–H and O–H groups in total. The van der Waals surface area contributed by atoms with Crippen LogP contribution in [-0.4, -0.2) is 39.8 Å². The van der Waals surface area contributed by atoms with Gasteiger partial charge in [0, 0.05) is 13.0 Å². The third kappa shape index (κ3) is 4.79. The smallest absolute Gasteiger partial charge is 0.305 e. The van der Waals surface area contributed by atoms with Gasteiger partial charge in [-0.05, 0) is 36.9 Å². The first kappa shape index (κ1) is 18.8. The van der Waals surface area contributed by atoms with Crippen LogP contribution in [0.4, 0.5) is 0 Å². The molecule has 0 aliphatic rings. The molecule has 7 nitrogen and oxygen atoms in total. The summed E-state index contributed by atoms with van der Waals surface area (Å²) in [5.74, 6) is 0.0795. The van der Waals surface area contributed by atoms with Gasteiger partial charge in [-0.25, -0.2) is 9.67 Å². The van der Waals surface area contributed by atoms with E-state index in [1.807, 2.05) is 47.8 Å². The first-order chi connectivity index (χ1) is 13.2. The molecule has 0 radical (unpaired) electrons. The van der Waals surface area contributed by atoms with Gasteiger partial charge < -0.3 is 10.1 Å². The number of hydrogen-bond donors (Lipinski definition) is 1. The number of thiophene rings is 1. The highest BCUT2D eigenvalue weighted by atomic mass is 32.1. The lowest BCUT2D eigenvalue weighted by molar-refractivity contribution is -0.143. The zero-order chi connectivity index (χ0) is 19.1. The molecule has 0 spiro atoms. The Morgan fingerprint density at radius 3 is 2.70 bits per heavy atom. The topological polar surface area (TPSA) is 86.1 Å². The lowest BCUT2D eigenvalue weighted by Gasteiger charge is -2.03. The Morgan fingerprint density at radius 1 is 1.19 bits per heavy atom. The van der Waals surface area contributed by atoms with Crippen molar-refractivity contribution in [1.82, 2.24) is 20.1 Å². The van der Waals surface area contributed by atoms with E-state index in [0.717, 1.165) is 10.6 Å². The van der Waals surface area contributed by atoms with Gasteiger partial charge >= 0.3 is 5.97 Å². The number of nitrogens with one attached hydrogen (secondary N) is 1. The normalized spacial score (nSPS) is 10.6. The molecule has 140 valence electrons. The third-order valence-corrected chi connectivity index (χ3v) is 4.57. The second-order valence-corrected chi connectivity index (χ2v) is 6.60. The first-order valence-electron chi connectivity index (χ1n) is 8.69. The number of para-hydroxylation sites is 1. The van der Waals surface area contributed by atoms with Crippen molar-refractivity contribution in [2.75, 3.05) is 13.2 Å². The summed E-state index contributed by atoms with van der Waals surface area (Å²) >= 11 is 1.53. The summed E-state index contributed by atoms with van der Waals surface area (Å²) in [6.07, 6.45) is 0.766. The lowest BCUT2D eigenvalue weighted by atomic mass is 10.3. The third-order valence-electron chi connectivity index (χ3n) is 3.70. The van der Waals surface area contributed by atoms with Gasteiger partial charge in [0.25, 0.3) is 5.91 Å². The van der Waals surface area contributed by atoms with E-state index in [1.54, 1.807) is 11.6 Å². The Hall–Kier alpha value is -3.00. The van der Waals surface area contributed by atoms with Crippen LogP contribution in [0.1, 0.15) is 30.4 Å². The number of carbonyl (C=O) groups is 2. The Morgan fingerprint density at radius 2 is 2.00 bits per heavy atom. The van der Waals surface area contributed by atoms with Crippen molar-refractivity contribution in [3.63, 3.8) is 0 Å². The quantitative estimate of drug-likeness (QED) is 0.476. The maximum absolute atomic E-state index is 12.4. The summed E-state index contributed by atoms with van der Waals surface area (Å²) in [6, 6.07) is 13.4. The van der Waals surface area contributed by atoms with E-state index in [4.69, 9.17) is 4.74 Å². The first-order valence-corrected chi connectivity index (χ1v) is 9.57. The number of esters is 1. The van der Waals surface area contributed by atoms with Crippen LogP contribution in [0.3, 0.4) is 0 Å². The number of hydrogen-bond acceptors (Lipinski definition) is 6. The highest BCUT2D eigenvalue weighted by Crippen LogP contribution is 2.25. The van der Waals surface area contributed by atoms with E-state index in [9.17, 15) is 9.59 Å². The van der Waals surface area contributed by atoms with Crippen molar-refractivity contribution < 1.29 is 14.3 Å². The average Bonchev–Trinajstić information content (AvgIpc) is 3.35. The van der Waals surface area contributed by atoms with Gasteiger partial charge in [-0.3, -0.25) is 9.59 Å². The second-order valence-electron chi connectivity index (χ2n) is 5.65. The van der Waals surface area contributed by atoms with Crippen molar-refractivity contribution in [3.8, 4) is 16.4 Å². The zero-order valence-corrected chi connectivity index (χ0v) is 15.7. The highest BCUT2D eigenvalue weighted by molar-refractivity contribution is 7.13. The Kier molecular flexibility index (Phi) is 6.32. The van der Waals surface area contributed by atoms with Crippen LogP contribution in [-0.2, 0) is 9.53 Å². The molecule has 0 atom stereocenters. The van der Waals surface area contributed by atoms with Gasteiger partial charge in [0.05, 0.1) is 17.2 Å². The van der Waals surface area contributed by atoms with Crippen LogP contribution in [0.25, 0.3) is 16.4 Å². The molecule has 3 aromatic rings. The molecule has 1 aromatic carbocycles. The van der Waals surface area contributed by atoms with Gasteiger partial charge in [-0.1, -0.05) is 24.3 Å². The molecule has 3 rings (SSSR count). The zero-order valence-electron chi connectivity index (χ0n) is 14.9. The molecule has 1 amide bonds. The Balaban J connectivity index is 1.72. The number of aromatic nitrogens is 3. The van der Waals surface area contributed by atoms with Crippen LogP contribution in [0, 0.1) is 0 Å². The second kappa shape index (κ2) is 9.09. The highest BCUT2D eigenvalue weighted by Gasteiger charge is 2.19. The summed E-state index contributed by atoms with van der Waals surface area (Å²) in [7, 11) is 0. The molecule has 0 fully saturated rings. The predicted octanol–water partition coefficient (Wildman–Crippen LogP) is 3.07. The fourth-order valence-electron chi connectivity index (χ4n) is 2.47. The predicted molar refractivity (Wildman–Crippen MR) is 103 cm³/mol. The van der Waals surface area contributed by atoms with Gasteiger partial charge in [0.2, 0.25) is 5.82 Å². The number of amides is 1. The molecule has 2 aromatic heterocycles. The number of ether oxygens (including phenoxy) is 1. The minimum atomic E-state index is -0.369. The average molecular weight is 384 g/mol. The number of carbonyl (C=O) groups excluding carboxylic acids is 2. The van der Waals surface area contributed by atoms with Crippen molar-refractivity contribution in [2.45, 2.75) is 19.8 Å². The van der Waals surface area contributed by atoms with Crippen molar-refractivity contribution in [3.05, 3.63) is 53.7 Å². The standard InChI is InChI=1S/C19H20N4O3S/c1-2-26-16(24)11-6-12-20-19(25)17-21-18(15-10-7-13-27-15)23(22-17)14-8-4-3-5-9-14/h3-5,7-10,13H,2,6,11-12H2,1H3,(H,20,25). The minimum absolute atomic E-state index is 0.0957. The van der Waals surface area contributed by atoms with Crippen molar-refractivity contribution >= 4 is 23.2 Å². The summed E-state index contributed by atoms with van der Waals surface area (Å²) < 4.78 is 6.53. The monoisotopic (exact) mass is 384 g/mol. The fraction of sp³-hybridized carbons (Fsp3) is 0.263. The van der Waals surface area contributed by atoms with E-state index in [-0.39, 0.29) is 24.1 Å². The molecular formula is C19H20N4O3S. The molecule has 0 unspecified atom stereocenters. The molecule has 8 heteroatoms. The van der Waals surface area contributed by atoms with Crippen LogP contribution < -0.4 is 5.32 Å². The van der Waals surface area contributed by atoms with E-state index in [0.29, 0.717) is 25.4 Å². The molecule has 0 bridgehead atoms. The van der Waals surface area contributed by atoms with Gasteiger partial charge in [0.15, 0.2) is 5.82 Å². The van der Waals surface area contributed by atoms with E-state index in [2.05, 4.69) is 15.4 Å². The van der Waals surface area contributed by atoms with Crippen LogP contribution in [0.5, 0.6) is 0 Å². The SMILES string of the molecule is CCOC(=O)CCCNC(=O)c1nc(-c2cccs2)n(-c2ccccc2)n1. The summed E-state index contributed by atoms with van der Waals surface area (Å²) in [5, 5.41) is 9.09. The van der Waals surface area contributed by atoms with Crippen molar-refractivity contribution in [1.29, 1.82) is 0 Å². The summed E-state index contributed by atoms with van der Waals surface area (Å²) in [4.78, 5) is 29.1. The van der Waals surface area contributed by atoms with Gasteiger partial charge in [-0.2, -0.15) is 0 Å². The van der Waals surface area contributed by atoms with Gasteiger partial charge in [0.1, 0.15) is 0 Å². The Bertz CT molecular complexity index is 891. The molecule has 0 saturated heterocycles. The molecule has 0 saturated carbocycles. The number of rotatable bonds is 8. The summed E-state index contributed by atoms with van der Waals surface area (Å²) in [6.45, 7) is 2.48. The molecule has 27 heavy (non-hydrogen) atoms. The largest absolute Gasteiger partial charge is 0.466 e. The lowest BCUT2D eigenvalue weighted by Crippen LogP contribution is -2.26. The molecule has 0 aliphatic heterocycles. The maximum atomic E-state index is 12.4.